The molecule has 0 saturated heterocycles. The second-order valence-electron chi connectivity index (χ2n) is 7.87. The molecule has 0 bridgehead atoms. The van der Waals surface area contributed by atoms with Crippen LogP contribution >= 0.6 is 23.4 Å². The van der Waals surface area contributed by atoms with Gasteiger partial charge in [0, 0.05) is 4.90 Å². The molecule has 1 aromatic heterocycles. The third kappa shape index (κ3) is 5.50. The number of ether oxygens (including phenoxy) is 1. The molecule has 0 radical (unpaired) electrons. The number of aryl methyl sites for hydroxylation is 1. The highest BCUT2D eigenvalue weighted by Crippen LogP contribution is 2.38. The topological polar surface area (TPSA) is 81.2 Å². The largest absolute Gasteiger partial charge is 0.449 e. The summed E-state index contributed by atoms with van der Waals surface area (Å²) in [6.07, 6.45) is 1.92. The minimum atomic E-state index is -3.92. The Labute approximate surface area is 192 Å². The average Bonchev–Trinajstić information content (AvgIpc) is 2.70. The normalized spacial score (nSPS) is 11.9. The summed E-state index contributed by atoms with van der Waals surface area (Å²) in [5, 5.41) is 0.0178. The molecule has 1 N–H and O–H groups in total. The number of rotatable bonds is 6. The molecular weight excluding hydrogens is 454 g/mol. The van der Waals surface area contributed by atoms with E-state index in [1.807, 2.05) is 24.5 Å². The quantitative estimate of drug-likeness (QED) is 0.343. The van der Waals surface area contributed by atoms with Gasteiger partial charge in [-0.3, -0.25) is 4.72 Å². The molecule has 0 amide bonds. The Balaban J connectivity index is 1.99. The van der Waals surface area contributed by atoms with Crippen LogP contribution in [0.1, 0.15) is 32.2 Å². The minimum absolute atomic E-state index is 0.0178. The fourth-order valence-corrected chi connectivity index (χ4v) is 4.60. The van der Waals surface area contributed by atoms with Crippen LogP contribution in [-0.2, 0) is 15.4 Å². The Kier molecular flexibility index (Phi) is 6.83. The number of aromatic nitrogens is 2. The molecule has 0 unspecified atom stereocenters. The molecular formula is C22H24ClN3O3S2. The number of para-hydroxylation sites is 1. The van der Waals surface area contributed by atoms with Crippen LogP contribution in [0.3, 0.4) is 0 Å². The molecule has 0 saturated carbocycles. The van der Waals surface area contributed by atoms with Crippen molar-refractivity contribution >= 4 is 39.2 Å². The van der Waals surface area contributed by atoms with Crippen molar-refractivity contribution in [2.24, 2.45) is 0 Å². The maximum Gasteiger partial charge on any atom is 0.263 e. The van der Waals surface area contributed by atoms with E-state index in [2.05, 4.69) is 35.5 Å². The number of hydrogen-bond acceptors (Lipinski definition) is 6. The number of hydrogen-bond donors (Lipinski definition) is 1. The lowest BCUT2D eigenvalue weighted by molar-refractivity contribution is 0.468. The standard InChI is InChI=1S/C22H24ClN3O3S2/c1-14-24-20(23)19(29-17-8-6-7-9-18(17)30-5)21(25-14)26-31(27,28)16-12-10-15(11-13-16)22(2,3)4/h6-13H,1-5H3,(H,24,25,26). The van der Waals surface area contributed by atoms with Gasteiger partial charge in [0.1, 0.15) is 11.6 Å². The molecule has 3 rings (SSSR count). The number of nitrogens with one attached hydrogen (secondary N) is 1. The molecule has 0 aliphatic rings. The van der Waals surface area contributed by atoms with Crippen molar-refractivity contribution in [2.75, 3.05) is 11.0 Å². The first-order chi connectivity index (χ1) is 14.5. The van der Waals surface area contributed by atoms with E-state index in [1.165, 1.54) is 11.8 Å². The molecule has 164 valence electrons. The summed E-state index contributed by atoms with van der Waals surface area (Å²) >= 11 is 7.80. The molecule has 9 heteroatoms. The molecule has 0 spiro atoms. The summed E-state index contributed by atoms with van der Waals surface area (Å²) in [6.45, 7) is 7.82. The number of halogens is 1. The number of thioether (sulfide) groups is 1. The molecule has 3 aromatic rings. The van der Waals surface area contributed by atoms with Gasteiger partial charge in [0.25, 0.3) is 10.0 Å². The molecule has 0 aliphatic heterocycles. The smallest absolute Gasteiger partial charge is 0.263 e. The van der Waals surface area contributed by atoms with E-state index in [1.54, 1.807) is 37.3 Å². The zero-order chi connectivity index (χ0) is 22.8. The summed E-state index contributed by atoms with van der Waals surface area (Å²) in [5.74, 6) is 0.868. The Morgan fingerprint density at radius 3 is 2.29 bits per heavy atom. The monoisotopic (exact) mass is 477 g/mol. The second kappa shape index (κ2) is 9.06. The summed E-state index contributed by atoms with van der Waals surface area (Å²) in [7, 11) is -3.92. The first-order valence-corrected chi connectivity index (χ1v) is 12.6. The van der Waals surface area contributed by atoms with Crippen molar-refractivity contribution in [1.82, 2.24) is 9.97 Å². The summed E-state index contributed by atoms with van der Waals surface area (Å²) < 4.78 is 34.5. The maximum atomic E-state index is 13.0. The van der Waals surface area contributed by atoms with Gasteiger partial charge in [0.05, 0.1) is 4.90 Å². The summed E-state index contributed by atoms with van der Waals surface area (Å²) in [6, 6.07) is 14.1. The number of sulfonamides is 1. The third-order valence-corrected chi connectivity index (χ3v) is 6.87. The Morgan fingerprint density at radius 1 is 1.03 bits per heavy atom. The van der Waals surface area contributed by atoms with Gasteiger partial charge in [-0.15, -0.1) is 11.8 Å². The summed E-state index contributed by atoms with van der Waals surface area (Å²) in [4.78, 5) is 9.33. The van der Waals surface area contributed by atoms with Crippen LogP contribution < -0.4 is 9.46 Å². The lowest BCUT2D eigenvalue weighted by Crippen LogP contribution is -2.16. The van der Waals surface area contributed by atoms with Gasteiger partial charge in [0.2, 0.25) is 5.75 Å². The van der Waals surface area contributed by atoms with Crippen LogP contribution in [-0.4, -0.2) is 24.6 Å². The van der Waals surface area contributed by atoms with Crippen LogP contribution in [0.25, 0.3) is 0 Å². The highest BCUT2D eigenvalue weighted by Gasteiger charge is 2.23. The van der Waals surface area contributed by atoms with Crippen molar-refractivity contribution in [2.45, 2.75) is 42.9 Å². The van der Waals surface area contributed by atoms with Gasteiger partial charge in [-0.1, -0.05) is 56.6 Å². The van der Waals surface area contributed by atoms with Crippen molar-refractivity contribution in [1.29, 1.82) is 0 Å². The highest BCUT2D eigenvalue weighted by molar-refractivity contribution is 7.98. The second-order valence-corrected chi connectivity index (χ2v) is 10.8. The molecule has 0 fully saturated rings. The third-order valence-electron chi connectivity index (χ3n) is 4.48. The van der Waals surface area contributed by atoms with Crippen molar-refractivity contribution in [3.05, 3.63) is 65.1 Å². The first kappa shape index (κ1) is 23.4. The van der Waals surface area contributed by atoms with Crippen molar-refractivity contribution in [3.63, 3.8) is 0 Å². The zero-order valence-corrected chi connectivity index (χ0v) is 20.3. The maximum absolute atomic E-state index is 13.0. The highest BCUT2D eigenvalue weighted by atomic mass is 35.5. The van der Waals surface area contributed by atoms with E-state index in [-0.39, 0.29) is 27.0 Å². The molecule has 31 heavy (non-hydrogen) atoms. The van der Waals surface area contributed by atoms with E-state index in [0.29, 0.717) is 11.6 Å². The Hall–Kier alpha value is -2.29. The minimum Gasteiger partial charge on any atom is -0.449 e. The zero-order valence-electron chi connectivity index (χ0n) is 17.9. The number of nitrogens with zero attached hydrogens (tertiary/aromatic N) is 2. The first-order valence-electron chi connectivity index (χ1n) is 9.49. The van der Waals surface area contributed by atoms with E-state index >= 15 is 0 Å². The fraction of sp³-hybridized carbons (Fsp3) is 0.273. The number of anilines is 1. The molecule has 0 aliphatic carbocycles. The van der Waals surface area contributed by atoms with Gasteiger partial charge < -0.3 is 4.74 Å². The molecule has 1 heterocycles. The average molecular weight is 478 g/mol. The van der Waals surface area contributed by atoms with Crippen LogP contribution in [0.15, 0.2) is 58.3 Å². The van der Waals surface area contributed by atoms with E-state index < -0.39 is 10.0 Å². The van der Waals surface area contributed by atoms with Crippen molar-refractivity contribution < 1.29 is 13.2 Å². The predicted molar refractivity (Wildman–Crippen MR) is 126 cm³/mol. The lowest BCUT2D eigenvalue weighted by atomic mass is 9.87. The Bertz CT molecular complexity index is 1190. The van der Waals surface area contributed by atoms with Crippen LogP contribution in [0.4, 0.5) is 5.82 Å². The van der Waals surface area contributed by atoms with Crippen LogP contribution in [0.2, 0.25) is 5.15 Å². The molecule has 0 atom stereocenters. The van der Waals surface area contributed by atoms with Crippen LogP contribution in [0, 0.1) is 6.92 Å². The van der Waals surface area contributed by atoms with Gasteiger partial charge >= 0.3 is 0 Å². The predicted octanol–water partition coefficient (Wildman–Crippen LogP) is 6.05. The van der Waals surface area contributed by atoms with Crippen LogP contribution in [0.5, 0.6) is 11.5 Å². The Morgan fingerprint density at radius 2 is 1.68 bits per heavy atom. The summed E-state index contributed by atoms with van der Waals surface area (Å²) in [5.41, 5.74) is 0.948. The van der Waals surface area contributed by atoms with Crippen molar-refractivity contribution in [3.8, 4) is 11.5 Å². The van der Waals surface area contributed by atoms with E-state index in [0.717, 1.165) is 10.5 Å². The van der Waals surface area contributed by atoms with E-state index in [9.17, 15) is 8.42 Å². The molecule has 2 aromatic carbocycles. The van der Waals surface area contributed by atoms with Gasteiger partial charge in [-0.25, -0.2) is 18.4 Å². The van der Waals surface area contributed by atoms with Gasteiger partial charge in [-0.2, -0.15) is 0 Å². The lowest BCUT2D eigenvalue weighted by Gasteiger charge is -2.19. The SMILES string of the molecule is CSc1ccccc1Oc1c(Cl)nc(C)nc1NS(=O)(=O)c1ccc(C(C)(C)C)cc1. The van der Waals surface area contributed by atoms with E-state index in [4.69, 9.17) is 16.3 Å². The number of benzene rings is 2. The molecule has 6 nitrogen and oxygen atoms in total. The van der Waals surface area contributed by atoms with Gasteiger partial charge in [0.15, 0.2) is 11.0 Å². The van der Waals surface area contributed by atoms with Gasteiger partial charge in [-0.05, 0) is 48.4 Å². The fourth-order valence-electron chi connectivity index (χ4n) is 2.82.